The SMILES string of the molecule is CC1(C)O[C@@H](CCO)[C@@H](C[Si](C)(C)C(C)(C)C)O1. The summed E-state index contributed by atoms with van der Waals surface area (Å²) in [6.07, 6.45) is 0.843. The molecule has 1 aliphatic heterocycles. The molecule has 0 bridgehead atoms. The summed E-state index contributed by atoms with van der Waals surface area (Å²) >= 11 is 0. The van der Waals surface area contributed by atoms with Crippen LogP contribution in [0.5, 0.6) is 0 Å². The van der Waals surface area contributed by atoms with Gasteiger partial charge in [0, 0.05) is 6.61 Å². The van der Waals surface area contributed by atoms with Crippen LogP contribution in [0.1, 0.15) is 41.0 Å². The molecule has 0 aromatic rings. The second-order valence-corrected chi connectivity index (χ2v) is 13.2. The molecule has 0 aromatic carbocycles. The van der Waals surface area contributed by atoms with Crippen LogP contribution in [0, 0.1) is 0 Å². The second kappa shape index (κ2) is 5.23. The van der Waals surface area contributed by atoms with Gasteiger partial charge < -0.3 is 14.6 Å². The van der Waals surface area contributed by atoms with Crippen molar-refractivity contribution in [2.24, 2.45) is 0 Å². The van der Waals surface area contributed by atoms with Crippen molar-refractivity contribution < 1.29 is 14.6 Å². The van der Waals surface area contributed by atoms with E-state index in [1.165, 1.54) is 0 Å². The van der Waals surface area contributed by atoms with Crippen LogP contribution in [0.4, 0.5) is 0 Å². The minimum absolute atomic E-state index is 0.0409. The molecule has 1 saturated heterocycles. The van der Waals surface area contributed by atoms with Crippen molar-refractivity contribution in [2.75, 3.05) is 6.61 Å². The third-order valence-corrected chi connectivity index (χ3v) is 9.92. The van der Waals surface area contributed by atoms with Crippen molar-refractivity contribution in [3.05, 3.63) is 0 Å². The van der Waals surface area contributed by atoms with E-state index in [0.717, 1.165) is 6.04 Å². The Morgan fingerprint density at radius 2 is 1.61 bits per heavy atom. The van der Waals surface area contributed by atoms with Crippen LogP contribution in [0.3, 0.4) is 0 Å². The van der Waals surface area contributed by atoms with Crippen LogP contribution in [0.2, 0.25) is 24.2 Å². The minimum Gasteiger partial charge on any atom is -0.396 e. The highest BCUT2D eigenvalue weighted by molar-refractivity contribution is 6.80. The van der Waals surface area contributed by atoms with Gasteiger partial charge in [-0.1, -0.05) is 33.9 Å². The average molecular weight is 274 g/mol. The van der Waals surface area contributed by atoms with Gasteiger partial charge in [-0.15, -0.1) is 0 Å². The first kappa shape index (κ1) is 16.2. The van der Waals surface area contributed by atoms with Crippen molar-refractivity contribution in [3.63, 3.8) is 0 Å². The Balaban J connectivity index is 2.76. The van der Waals surface area contributed by atoms with Crippen LogP contribution in [0.15, 0.2) is 0 Å². The molecule has 1 heterocycles. The number of aliphatic hydroxyl groups is 1. The normalized spacial score (nSPS) is 28.7. The lowest BCUT2D eigenvalue weighted by atomic mass is 10.2. The first-order valence-corrected chi connectivity index (χ1v) is 10.2. The molecule has 1 rings (SSSR count). The predicted molar refractivity (Wildman–Crippen MR) is 77.5 cm³/mol. The Morgan fingerprint density at radius 1 is 1.11 bits per heavy atom. The predicted octanol–water partition coefficient (Wildman–Crippen LogP) is 3.40. The zero-order valence-corrected chi connectivity index (χ0v) is 14.0. The van der Waals surface area contributed by atoms with E-state index in [0.29, 0.717) is 11.5 Å². The van der Waals surface area contributed by atoms with Crippen molar-refractivity contribution >= 4 is 8.07 Å². The standard InChI is InChI=1S/C14H30O3Si/c1-13(2,3)18(6,7)10-12-11(8-9-15)16-14(4,5)17-12/h11-12,15H,8-10H2,1-7H3/t11-,12+/m0/s1. The minimum atomic E-state index is -1.39. The largest absolute Gasteiger partial charge is 0.396 e. The van der Waals surface area contributed by atoms with Crippen molar-refractivity contribution in [2.45, 2.75) is 83.2 Å². The summed E-state index contributed by atoms with van der Waals surface area (Å²) < 4.78 is 11.9. The molecule has 2 atom stereocenters. The van der Waals surface area contributed by atoms with Crippen LogP contribution < -0.4 is 0 Å². The van der Waals surface area contributed by atoms with E-state index in [4.69, 9.17) is 14.6 Å². The zero-order valence-electron chi connectivity index (χ0n) is 13.0. The monoisotopic (exact) mass is 274 g/mol. The Labute approximate surface area is 113 Å². The number of aliphatic hydroxyl groups excluding tert-OH is 1. The summed E-state index contributed by atoms with van der Waals surface area (Å²) in [6, 6.07) is 1.09. The fraction of sp³-hybridized carbons (Fsp3) is 1.00. The van der Waals surface area contributed by atoms with Gasteiger partial charge in [-0.3, -0.25) is 0 Å². The number of rotatable bonds is 4. The lowest BCUT2D eigenvalue weighted by Crippen LogP contribution is -2.42. The zero-order chi connectivity index (χ0) is 14.2. The average Bonchev–Trinajstić information content (AvgIpc) is 2.38. The topological polar surface area (TPSA) is 38.7 Å². The van der Waals surface area contributed by atoms with E-state index in [1.807, 2.05) is 13.8 Å². The molecule has 18 heavy (non-hydrogen) atoms. The van der Waals surface area contributed by atoms with E-state index in [1.54, 1.807) is 0 Å². The summed E-state index contributed by atoms with van der Waals surface area (Å²) in [4.78, 5) is 0. The van der Waals surface area contributed by atoms with E-state index >= 15 is 0 Å². The van der Waals surface area contributed by atoms with Crippen molar-refractivity contribution in [1.82, 2.24) is 0 Å². The van der Waals surface area contributed by atoms with E-state index in [-0.39, 0.29) is 18.8 Å². The quantitative estimate of drug-likeness (QED) is 0.799. The van der Waals surface area contributed by atoms with E-state index in [9.17, 15) is 0 Å². The molecule has 0 unspecified atom stereocenters. The van der Waals surface area contributed by atoms with Gasteiger partial charge in [-0.2, -0.15) is 0 Å². The molecule has 1 N–H and O–H groups in total. The van der Waals surface area contributed by atoms with E-state index < -0.39 is 13.9 Å². The Kier molecular flexibility index (Phi) is 4.70. The molecular weight excluding hydrogens is 244 g/mol. The van der Waals surface area contributed by atoms with Crippen LogP contribution in [-0.2, 0) is 9.47 Å². The lowest BCUT2D eigenvalue weighted by Gasteiger charge is -2.39. The third-order valence-electron chi connectivity index (χ3n) is 4.44. The maximum Gasteiger partial charge on any atom is 0.163 e. The number of hydrogen-bond donors (Lipinski definition) is 1. The van der Waals surface area contributed by atoms with Gasteiger partial charge >= 0.3 is 0 Å². The molecule has 0 radical (unpaired) electrons. The number of hydrogen-bond acceptors (Lipinski definition) is 3. The fourth-order valence-electron chi connectivity index (χ4n) is 2.26. The molecule has 1 aliphatic rings. The van der Waals surface area contributed by atoms with Gasteiger partial charge in [0.2, 0.25) is 0 Å². The summed E-state index contributed by atoms with van der Waals surface area (Å²) in [7, 11) is -1.39. The summed E-state index contributed by atoms with van der Waals surface area (Å²) in [6.45, 7) is 15.9. The third kappa shape index (κ3) is 3.79. The Morgan fingerprint density at radius 3 is 2.06 bits per heavy atom. The molecule has 0 saturated carbocycles. The molecule has 4 heteroatoms. The molecule has 0 aliphatic carbocycles. The maximum atomic E-state index is 9.15. The van der Waals surface area contributed by atoms with E-state index in [2.05, 4.69) is 33.9 Å². The molecule has 0 spiro atoms. The molecule has 108 valence electrons. The summed E-state index contributed by atoms with van der Waals surface area (Å²) in [5.74, 6) is -0.507. The van der Waals surface area contributed by atoms with Gasteiger partial charge in [0.1, 0.15) is 0 Å². The number of ether oxygens (including phenoxy) is 2. The highest BCUT2D eigenvalue weighted by Gasteiger charge is 2.46. The second-order valence-electron chi connectivity index (χ2n) is 7.56. The Hall–Kier alpha value is 0.0969. The van der Waals surface area contributed by atoms with Gasteiger partial charge in [0.15, 0.2) is 5.79 Å². The highest BCUT2D eigenvalue weighted by atomic mass is 28.3. The van der Waals surface area contributed by atoms with Crippen molar-refractivity contribution in [1.29, 1.82) is 0 Å². The van der Waals surface area contributed by atoms with Crippen LogP contribution in [0.25, 0.3) is 0 Å². The fourth-order valence-corrected chi connectivity index (χ4v) is 4.23. The molecular formula is C14H30O3Si. The molecule has 3 nitrogen and oxygen atoms in total. The first-order chi connectivity index (χ1) is 7.98. The molecule has 0 amide bonds. The Bertz CT molecular complexity index is 281. The lowest BCUT2D eigenvalue weighted by molar-refractivity contribution is -0.146. The van der Waals surface area contributed by atoms with Gasteiger partial charge in [0.25, 0.3) is 0 Å². The summed E-state index contributed by atoms with van der Waals surface area (Å²) in [5.41, 5.74) is 0. The first-order valence-electron chi connectivity index (χ1n) is 6.95. The van der Waals surface area contributed by atoms with Gasteiger partial charge in [-0.25, -0.2) is 0 Å². The van der Waals surface area contributed by atoms with Gasteiger partial charge in [-0.05, 0) is 31.4 Å². The van der Waals surface area contributed by atoms with Crippen molar-refractivity contribution in [3.8, 4) is 0 Å². The highest BCUT2D eigenvalue weighted by Crippen LogP contribution is 2.43. The molecule has 0 aromatic heterocycles. The molecule has 1 fully saturated rings. The van der Waals surface area contributed by atoms with Gasteiger partial charge in [0.05, 0.1) is 20.3 Å². The van der Waals surface area contributed by atoms with Crippen LogP contribution >= 0.6 is 0 Å². The maximum absolute atomic E-state index is 9.15. The summed E-state index contributed by atoms with van der Waals surface area (Å²) in [5, 5.41) is 9.50. The van der Waals surface area contributed by atoms with Crippen LogP contribution in [-0.4, -0.2) is 37.8 Å². The smallest absolute Gasteiger partial charge is 0.163 e.